The molecular formula is C25H28O3. The van der Waals surface area contributed by atoms with Gasteiger partial charge < -0.3 is 4.74 Å². The maximum atomic E-state index is 13.5. The normalized spacial score (nSPS) is 15.2. The summed E-state index contributed by atoms with van der Waals surface area (Å²) in [5.41, 5.74) is 3.99. The maximum absolute atomic E-state index is 13.5. The van der Waals surface area contributed by atoms with Crippen LogP contribution in [-0.2, 0) is 4.74 Å². The van der Waals surface area contributed by atoms with Crippen molar-refractivity contribution in [3.63, 3.8) is 0 Å². The van der Waals surface area contributed by atoms with E-state index in [4.69, 9.17) is 4.74 Å². The Labute approximate surface area is 167 Å². The largest absolute Gasteiger partial charge is 0.376 e. The summed E-state index contributed by atoms with van der Waals surface area (Å²) in [5, 5.41) is 0. The zero-order valence-corrected chi connectivity index (χ0v) is 17.1. The number of carbonyl (C=O) groups excluding carboxylic acids is 2. The summed E-state index contributed by atoms with van der Waals surface area (Å²) in [6, 6.07) is 15.0. The van der Waals surface area contributed by atoms with Crippen LogP contribution in [0, 0.1) is 5.92 Å². The first-order valence-corrected chi connectivity index (χ1v) is 10.0. The van der Waals surface area contributed by atoms with E-state index in [0.29, 0.717) is 28.7 Å². The minimum atomic E-state index is -0.142. The molecule has 0 aliphatic heterocycles. The molecule has 0 bridgehead atoms. The van der Waals surface area contributed by atoms with Gasteiger partial charge in [0.25, 0.3) is 0 Å². The Bertz CT molecular complexity index is 921. The lowest BCUT2D eigenvalue weighted by Gasteiger charge is -2.26. The number of Topliss-reactive ketones (excluding diaryl/α,β-unsaturated/α-hetero) is 2. The number of carbonyl (C=O) groups is 2. The Balaban J connectivity index is 2.25. The fraction of sp³-hybridized carbons (Fsp3) is 0.360. The lowest BCUT2D eigenvalue weighted by atomic mass is 9.77. The van der Waals surface area contributed by atoms with Crippen LogP contribution in [0.5, 0.6) is 0 Å². The Morgan fingerprint density at radius 1 is 0.857 bits per heavy atom. The van der Waals surface area contributed by atoms with Gasteiger partial charge in [-0.2, -0.15) is 0 Å². The molecule has 0 heterocycles. The van der Waals surface area contributed by atoms with Gasteiger partial charge in [0.05, 0.1) is 6.10 Å². The molecule has 3 heteroatoms. The number of methoxy groups -OCH3 is 1. The lowest BCUT2D eigenvalue weighted by molar-refractivity contribution is 0.0644. The van der Waals surface area contributed by atoms with Crippen molar-refractivity contribution in [1.29, 1.82) is 0 Å². The number of hydrogen-bond donors (Lipinski definition) is 0. The molecular weight excluding hydrogens is 348 g/mol. The van der Waals surface area contributed by atoms with Gasteiger partial charge in [-0.1, -0.05) is 75.7 Å². The van der Waals surface area contributed by atoms with Crippen LogP contribution in [0.15, 0.2) is 54.1 Å². The second kappa shape index (κ2) is 8.66. The summed E-state index contributed by atoms with van der Waals surface area (Å²) in [6.07, 6.45) is 2.31. The van der Waals surface area contributed by atoms with Crippen LogP contribution in [0.25, 0.3) is 5.57 Å². The van der Waals surface area contributed by atoms with Gasteiger partial charge in [-0.15, -0.1) is 0 Å². The van der Waals surface area contributed by atoms with Crippen molar-refractivity contribution in [2.45, 2.75) is 46.1 Å². The minimum Gasteiger partial charge on any atom is -0.376 e. The smallest absolute Gasteiger partial charge is 0.194 e. The molecule has 28 heavy (non-hydrogen) atoms. The van der Waals surface area contributed by atoms with Crippen LogP contribution in [0.1, 0.15) is 78.0 Å². The van der Waals surface area contributed by atoms with E-state index in [1.807, 2.05) is 36.4 Å². The highest BCUT2D eigenvalue weighted by Crippen LogP contribution is 2.39. The average molecular weight is 376 g/mol. The van der Waals surface area contributed by atoms with Gasteiger partial charge in [0, 0.05) is 29.4 Å². The molecule has 146 valence electrons. The molecule has 0 aromatic heterocycles. The molecule has 3 nitrogen and oxygen atoms in total. The van der Waals surface area contributed by atoms with Gasteiger partial charge in [0.15, 0.2) is 11.6 Å². The van der Waals surface area contributed by atoms with Crippen molar-refractivity contribution in [1.82, 2.24) is 0 Å². The van der Waals surface area contributed by atoms with Gasteiger partial charge in [0.2, 0.25) is 0 Å². The van der Waals surface area contributed by atoms with Crippen molar-refractivity contribution < 1.29 is 14.3 Å². The number of rotatable bonds is 7. The quantitative estimate of drug-likeness (QED) is 0.590. The summed E-state index contributed by atoms with van der Waals surface area (Å²) in [6.45, 7) is 6.29. The molecule has 3 rings (SSSR count). The highest BCUT2D eigenvalue weighted by atomic mass is 16.5. The average Bonchev–Trinajstić information content (AvgIpc) is 2.70. The monoisotopic (exact) mass is 376 g/mol. The van der Waals surface area contributed by atoms with Gasteiger partial charge >= 0.3 is 0 Å². The third-order valence-electron chi connectivity index (χ3n) is 5.40. The molecule has 1 unspecified atom stereocenters. The molecule has 0 saturated heterocycles. The second-order valence-electron chi connectivity index (χ2n) is 7.65. The fourth-order valence-corrected chi connectivity index (χ4v) is 4.03. The van der Waals surface area contributed by atoms with E-state index in [1.165, 1.54) is 0 Å². The Morgan fingerprint density at radius 2 is 1.43 bits per heavy atom. The molecule has 0 amide bonds. The van der Waals surface area contributed by atoms with Gasteiger partial charge in [-0.25, -0.2) is 0 Å². The van der Waals surface area contributed by atoms with E-state index in [2.05, 4.69) is 20.8 Å². The van der Waals surface area contributed by atoms with Crippen LogP contribution in [0.2, 0.25) is 0 Å². The minimum absolute atomic E-state index is 0.0213. The molecule has 0 N–H and O–H groups in total. The third-order valence-corrected chi connectivity index (χ3v) is 5.40. The number of ketones is 2. The van der Waals surface area contributed by atoms with E-state index >= 15 is 0 Å². The van der Waals surface area contributed by atoms with E-state index < -0.39 is 0 Å². The number of fused-ring (bicyclic) bond motifs is 1. The topological polar surface area (TPSA) is 43.4 Å². The van der Waals surface area contributed by atoms with Crippen molar-refractivity contribution in [3.8, 4) is 0 Å². The molecule has 0 spiro atoms. The van der Waals surface area contributed by atoms with Gasteiger partial charge in [0.1, 0.15) is 0 Å². The molecule has 2 aromatic carbocycles. The number of unbranched alkanes of at least 4 members (excludes halogenated alkanes) is 1. The van der Waals surface area contributed by atoms with E-state index in [-0.39, 0.29) is 23.6 Å². The number of allylic oxidation sites excluding steroid dienone is 2. The predicted molar refractivity (Wildman–Crippen MR) is 113 cm³/mol. The molecule has 1 atom stereocenters. The van der Waals surface area contributed by atoms with Crippen LogP contribution in [-0.4, -0.2) is 18.7 Å². The molecule has 2 aromatic rings. The zero-order valence-electron chi connectivity index (χ0n) is 17.1. The van der Waals surface area contributed by atoms with Crippen molar-refractivity contribution in [3.05, 3.63) is 76.4 Å². The maximum Gasteiger partial charge on any atom is 0.194 e. The molecule has 1 aliphatic carbocycles. The van der Waals surface area contributed by atoms with E-state index in [1.54, 1.807) is 19.2 Å². The highest BCUT2D eigenvalue weighted by molar-refractivity contribution is 6.40. The number of hydrogen-bond acceptors (Lipinski definition) is 3. The summed E-state index contributed by atoms with van der Waals surface area (Å²) < 4.78 is 5.76. The Morgan fingerprint density at radius 3 is 2.00 bits per heavy atom. The standard InChI is InChI=1S/C25H28O3/c1-5-6-11-21-22(24(27)19-14-9-8-13-18(19)23(21)26)17-12-7-10-15-20(17)25(28-4)16(2)3/h7-10,12-16,25H,5-6,11H2,1-4H3. The summed E-state index contributed by atoms with van der Waals surface area (Å²) in [4.78, 5) is 26.8. The van der Waals surface area contributed by atoms with Crippen molar-refractivity contribution >= 4 is 17.1 Å². The van der Waals surface area contributed by atoms with E-state index in [9.17, 15) is 9.59 Å². The highest BCUT2D eigenvalue weighted by Gasteiger charge is 2.34. The summed E-state index contributed by atoms with van der Waals surface area (Å²) in [7, 11) is 1.69. The molecule has 0 radical (unpaired) electrons. The van der Waals surface area contributed by atoms with Crippen LogP contribution >= 0.6 is 0 Å². The Hall–Kier alpha value is -2.52. The van der Waals surface area contributed by atoms with Crippen molar-refractivity contribution in [2.75, 3.05) is 7.11 Å². The van der Waals surface area contributed by atoms with Crippen molar-refractivity contribution in [2.24, 2.45) is 5.92 Å². The predicted octanol–water partition coefficient (Wildman–Crippen LogP) is 6.05. The van der Waals surface area contributed by atoms with Gasteiger partial charge in [-0.05, 0) is 29.9 Å². The SMILES string of the molecule is CCCCC1=C(c2ccccc2C(OC)C(C)C)C(=O)c2ccccc2C1=O. The first-order valence-electron chi connectivity index (χ1n) is 10.0. The molecule has 0 saturated carbocycles. The summed E-state index contributed by atoms with van der Waals surface area (Å²) >= 11 is 0. The van der Waals surface area contributed by atoms with Crippen LogP contribution in [0.4, 0.5) is 0 Å². The first-order chi connectivity index (χ1) is 13.5. The van der Waals surface area contributed by atoms with Crippen LogP contribution in [0.3, 0.4) is 0 Å². The van der Waals surface area contributed by atoms with Gasteiger partial charge in [-0.3, -0.25) is 9.59 Å². The fourth-order valence-electron chi connectivity index (χ4n) is 4.03. The lowest BCUT2D eigenvalue weighted by Crippen LogP contribution is -2.23. The van der Waals surface area contributed by atoms with Crippen LogP contribution < -0.4 is 0 Å². The summed E-state index contributed by atoms with van der Waals surface area (Å²) in [5.74, 6) is 0.159. The Kier molecular flexibility index (Phi) is 6.25. The zero-order chi connectivity index (χ0) is 20.3. The van der Waals surface area contributed by atoms with E-state index in [0.717, 1.165) is 24.0 Å². The molecule has 1 aliphatic rings. The number of benzene rings is 2. The number of ether oxygens (including phenoxy) is 1. The third kappa shape index (κ3) is 3.59. The second-order valence-corrected chi connectivity index (χ2v) is 7.65. The molecule has 0 fully saturated rings. The first kappa shape index (κ1) is 20.2.